The van der Waals surface area contributed by atoms with Crippen molar-refractivity contribution in [2.24, 2.45) is 0 Å². The van der Waals surface area contributed by atoms with E-state index in [-0.39, 0.29) is 59.8 Å². The van der Waals surface area contributed by atoms with Gasteiger partial charge in [-0.25, -0.2) is 0 Å². The fourth-order valence-electron chi connectivity index (χ4n) is 6.03. The van der Waals surface area contributed by atoms with Crippen molar-refractivity contribution in [1.29, 1.82) is 0 Å². The smallest absolute Gasteiger partial charge is 0.294 e. The molecule has 4 atom stereocenters. The maximum atomic E-state index is 13.8. The zero-order valence-electron chi connectivity index (χ0n) is 24.8. The molecule has 1 aromatic heterocycles. The number of nitrogens with one attached hydrogen (secondary N) is 2. The van der Waals surface area contributed by atoms with Crippen LogP contribution in [0.3, 0.4) is 0 Å². The summed E-state index contributed by atoms with van der Waals surface area (Å²) >= 11 is 3.33. The van der Waals surface area contributed by atoms with Gasteiger partial charge in [0.15, 0.2) is 0 Å². The molecule has 3 fully saturated rings. The number of ether oxygens (including phenoxy) is 2. The van der Waals surface area contributed by atoms with E-state index < -0.39 is 17.0 Å². The van der Waals surface area contributed by atoms with Gasteiger partial charge in [0.2, 0.25) is 5.91 Å². The average molecular weight is 675 g/mol. The quantitative estimate of drug-likeness (QED) is 0.330. The fraction of sp³-hybridized carbons (Fsp3) is 0.517. The molecule has 3 aliphatic heterocycles. The Bertz CT molecular complexity index is 1430. The summed E-state index contributed by atoms with van der Waals surface area (Å²) in [6.07, 6.45) is 2.83. The van der Waals surface area contributed by atoms with Crippen molar-refractivity contribution >= 4 is 50.7 Å². The highest BCUT2D eigenvalue weighted by molar-refractivity contribution is 9.10. The minimum atomic E-state index is -0.828. The number of rotatable bonds is 7. The number of morpholine rings is 2. The first-order valence-electron chi connectivity index (χ1n) is 14.5. The van der Waals surface area contributed by atoms with Crippen LogP contribution in [-0.2, 0) is 14.3 Å². The molecule has 3 aliphatic rings. The summed E-state index contributed by atoms with van der Waals surface area (Å²) in [5.74, 6) is -0.981. The summed E-state index contributed by atoms with van der Waals surface area (Å²) in [6, 6.07) is 3.17. The number of benzene rings is 1. The molecule has 0 bridgehead atoms. The lowest BCUT2D eigenvalue weighted by Crippen LogP contribution is -2.51. The fourth-order valence-corrected chi connectivity index (χ4v) is 6.47. The van der Waals surface area contributed by atoms with Crippen LogP contribution in [0.15, 0.2) is 35.1 Å². The van der Waals surface area contributed by atoms with Gasteiger partial charge in [-0.3, -0.25) is 29.5 Å². The van der Waals surface area contributed by atoms with Crippen LogP contribution in [-0.4, -0.2) is 120 Å². The van der Waals surface area contributed by atoms with Gasteiger partial charge in [-0.15, -0.1) is 0 Å². The van der Waals surface area contributed by atoms with Gasteiger partial charge in [-0.05, 0) is 32.4 Å². The topological polar surface area (TPSA) is 159 Å². The van der Waals surface area contributed by atoms with E-state index in [1.807, 2.05) is 13.8 Å². The van der Waals surface area contributed by atoms with Gasteiger partial charge in [0.05, 0.1) is 47.2 Å². The summed E-state index contributed by atoms with van der Waals surface area (Å²) in [6.45, 7) is 6.10. The van der Waals surface area contributed by atoms with E-state index in [9.17, 15) is 24.5 Å². The number of amides is 3. The first-order valence-corrected chi connectivity index (χ1v) is 15.3. The molecular weight excluding hydrogens is 638 g/mol. The Labute approximate surface area is 263 Å². The molecule has 5 rings (SSSR count). The van der Waals surface area contributed by atoms with Gasteiger partial charge >= 0.3 is 0 Å². The monoisotopic (exact) mass is 673 g/mol. The predicted octanol–water partition coefficient (Wildman–Crippen LogP) is 2.60. The van der Waals surface area contributed by atoms with Crippen molar-refractivity contribution in [3.63, 3.8) is 0 Å². The molecule has 236 valence electrons. The van der Waals surface area contributed by atoms with E-state index >= 15 is 0 Å². The van der Waals surface area contributed by atoms with Crippen molar-refractivity contribution in [3.05, 3.63) is 56.3 Å². The predicted molar refractivity (Wildman–Crippen MR) is 165 cm³/mol. The van der Waals surface area contributed by atoms with Crippen LogP contribution >= 0.6 is 15.9 Å². The number of hydrogen-bond donors (Lipinski definition) is 2. The average Bonchev–Trinajstić information content (AvgIpc) is 3.44. The second kappa shape index (κ2) is 13.4. The van der Waals surface area contributed by atoms with Gasteiger partial charge < -0.3 is 34.8 Å². The van der Waals surface area contributed by atoms with Crippen LogP contribution in [0.5, 0.6) is 0 Å². The zero-order valence-corrected chi connectivity index (χ0v) is 26.4. The lowest BCUT2D eigenvalue weighted by Gasteiger charge is -2.35. The SMILES string of the molecule is CNc1cncc(C(=O)N2C[C@H](Nc3c(C(=O)N4C[C@@H](C)O[C@@H](C)C4)cc(Br)cc3[N+](=O)[O-])C[C@H]2C(=O)N2CCOCC2)c1. The van der Waals surface area contributed by atoms with Crippen molar-refractivity contribution < 1.29 is 28.8 Å². The molecule has 0 aliphatic carbocycles. The van der Waals surface area contributed by atoms with E-state index in [0.29, 0.717) is 55.1 Å². The van der Waals surface area contributed by atoms with Crippen LogP contribution in [0.1, 0.15) is 41.0 Å². The number of likely N-dealkylation sites (tertiary alicyclic amines) is 1. The first kappa shape index (κ1) is 31.6. The van der Waals surface area contributed by atoms with Gasteiger partial charge in [0.1, 0.15) is 11.7 Å². The third-order valence-corrected chi connectivity index (χ3v) is 8.47. The molecule has 0 unspecified atom stereocenters. The Morgan fingerprint density at radius 3 is 2.39 bits per heavy atom. The lowest BCUT2D eigenvalue weighted by molar-refractivity contribution is -0.384. The summed E-state index contributed by atoms with van der Waals surface area (Å²) in [4.78, 5) is 62.1. The maximum Gasteiger partial charge on any atom is 0.294 e. The number of hydrogen-bond acceptors (Lipinski definition) is 10. The molecule has 0 radical (unpaired) electrons. The summed E-state index contributed by atoms with van der Waals surface area (Å²) in [5.41, 5.74) is 0.827. The molecular formula is C29H36BrN7O7. The Kier molecular flexibility index (Phi) is 9.65. The highest BCUT2D eigenvalue weighted by Gasteiger charge is 2.43. The number of carbonyl (C=O) groups is 3. The largest absolute Gasteiger partial charge is 0.387 e. The van der Waals surface area contributed by atoms with Crippen molar-refractivity contribution in [2.75, 3.05) is 63.6 Å². The highest BCUT2D eigenvalue weighted by atomic mass is 79.9. The third kappa shape index (κ3) is 6.79. The normalized spacial score (nSPS) is 23.8. The molecule has 14 nitrogen and oxygen atoms in total. The van der Waals surface area contributed by atoms with Crippen LogP contribution in [0.2, 0.25) is 0 Å². The molecule has 1 aromatic carbocycles. The molecule has 44 heavy (non-hydrogen) atoms. The summed E-state index contributed by atoms with van der Waals surface area (Å²) < 4.78 is 11.6. The van der Waals surface area contributed by atoms with E-state index in [1.165, 1.54) is 17.2 Å². The van der Waals surface area contributed by atoms with Crippen LogP contribution in [0.25, 0.3) is 0 Å². The molecule has 2 aromatic rings. The molecule has 4 heterocycles. The summed E-state index contributed by atoms with van der Waals surface area (Å²) in [5, 5.41) is 18.4. The highest BCUT2D eigenvalue weighted by Crippen LogP contribution is 2.36. The number of halogens is 1. The van der Waals surface area contributed by atoms with Gasteiger partial charge in [-0.2, -0.15) is 0 Å². The number of nitro benzene ring substituents is 1. The third-order valence-electron chi connectivity index (χ3n) is 8.01. The van der Waals surface area contributed by atoms with Gasteiger partial charge in [0, 0.05) is 68.7 Å². The van der Waals surface area contributed by atoms with Crippen LogP contribution < -0.4 is 10.6 Å². The number of nitro groups is 1. The second-order valence-electron chi connectivity index (χ2n) is 11.3. The van der Waals surface area contributed by atoms with Crippen LogP contribution in [0.4, 0.5) is 17.1 Å². The Morgan fingerprint density at radius 2 is 1.73 bits per heavy atom. The number of nitrogens with zero attached hydrogens (tertiary/aromatic N) is 5. The molecule has 0 saturated carbocycles. The standard InChI is InChI=1S/C29H36BrN7O7/c1-17-14-35(15-18(2)44-17)28(39)23-9-20(30)10-24(37(41)42)26(23)33-22-11-25(29(40)34-4-6-43-7-5-34)36(16-22)27(38)19-8-21(31-3)13-32-12-19/h8-10,12-13,17-18,22,25,31,33H,4-7,11,14-16H2,1-3H3/t17-,18+,22-,25+/m1/s1. The molecule has 3 amide bonds. The second-order valence-corrected chi connectivity index (χ2v) is 12.2. The Morgan fingerprint density at radius 1 is 1.02 bits per heavy atom. The van der Waals surface area contributed by atoms with E-state index in [1.54, 1.807) is 35.2 Å². The number of anilines is 2. The maximum absolute atomic E-state index is 13.8. The van der Waals surface area contributed by atoms with E-state index in [4.69, 9.17) is 9.47 Å². The molecule has 2 N–H and O–H groups in total. The van der Waals surface area contributed by atoms with Crippen molar-refractivity contribution in [2.45, 2.75) is 44.6 Å². The number of pyridine rings is 1. The van der Waals surface area contributed by atoms with E-state index in [2.05, 4.69) is 31.5 Å². The number of carbonyl (C=O) groups excluding carboxylic acids is 3. The number of aromatic nitrogens is 1. The van der Waals surface area contributed by atoms with Crippen molar-refractivity contribution in [1.82, 2.24) is 19.7 Å². The molecule has 3 saturated heterocycles. The minimum Gasteiger partial charge on any atom is -0.387 e. The molecule has 15 heteroatoms. The Balaban J connectivity index is 1.48. The van der Waals surface area contributed by atoms with Gasteiger partial charge in [0.25, 0.3) is 17.5 Å². The zero-order chi connectivity index (χ0) is 31.5. The molecule has 0 spiro atoms. The van der Waals surface area contributed by atoms with Crippen molar-refractivity contribution in [3.8, 4) is 0 Å². The first-order chi connectivity index (χ1) is 21.0. The van der Waals surface area contributed by atoms with E-state index in [0.717, 1.165) is 0 Å². The minimum absolute atomic E-state index is 0.0470. The van der Waals surface area contributed by atoms with Gasteiger partial charge in [-0.1, -0.05) is 15.9 Å². The summed E-state index contributed by atoms with van der Waals surface area (Å²) in [7, 11) is 1.72. The lowest BCUT2D eigenvalue weighted by atomic mass is 10.1. The van der Waals surface area contributed by atoms with Crippen LogP contribution in [0, 0.1) is 10.1 Å². The Hall–Kier alpha value is -3.82.